The van der Waals surface area contributed by atoms with Gasteiger partial charge in [0.2, 0.25) is 0 Å². The second kappa shape index (κ2) is 30.4. The van der Waals surface area contributed by atoms with Crippen molar-refractivity contribution in [3.8, 4) is 0 Å². The fourth-order valence-corrected chi connectivity index (χ4v) is 14.9. The first-order chi connectivity index (χ1) is 48.9. The van der Waals surface area contributed by atoms with Crippen LogP contribution in [0.2, 0.25) is 0 Å². The number of tetrazole rings is 2. The van der Waals surface area contributed by atoms with Crippen molar-refractivity contribution in [1.82, 2.24) is 50.4 Å². The molecular weight excluding hydrogens is 1380 g/mol. The number of anilines is 4. The van der Waals surface area contributed by atoms with Crippen LogP contribution >= 0.6 is 0 Å². The van der Waals surface area contributed by atoms with Crippen LogP contribution in [0, 0.1) is 46.9 Å². The highest BCUT2D eigenvalue weighted by Crippen LogP contribution is 2.45. The maximum absolute atomic E-state index is 14.5. The van der Waals surface area contributed by atoms with E-state index in [4.69, 9.17) is 14.7 Å². The van der Waals surface area contributed by atoms with Gasteiger partial charge in [0.1, 0.15) is 11.6 Å². The average Bonchev–Trinajstić information content (AvgIpc) is 1.74. The molecule has 5 aromatic carbocycles. The summed E-state index contributed by atoms with van der Waals surface area (Å²) in [7, 11) is 2.93. The minimum Gasteiger partial charge on any atom is -0.396 e. The predicted octanol–water partition coefficient (Wildman–Crippen LogP) is 16.3. The summed E-state index contributed by atoms with van der Waals surface area (Å²) in [5.41, 5.74) is -3.92. The van der Waals surface area contributed by atoms with Gasteiger partial charge in [-0.2, -0.15) is 62.3 Å². The number of pyridine rings is 2. The number of nitrogens with zero attached hydrogens (tertiary/aromatic N) is 14. The molecule has 4 aromatic heterocycles. The van der Waals surface area contributed by atoms with E-state index >= 15 is 0 Å². The fraction of sp³-hybridized carbons (Fsp3) is 0.465. The van der Waals surface area contributed by atoms with Gasteiger partial charge in [-0.15, -0.1) is 10.2 Å². The zero-order valence-corrected chi connectivity index (χ0v) is 55.8. The average molecular weight is 1460 g/mol. The Balaban J connectivity index is 0.000000196. The molecule has 2 atom stereocenters. The molecule has 0 unspecified atom stereocenters. The van der Waals surface area contributed by atoms with Crippen LogP contribution in [0.25, 0.3) is 21.8 Å². The molecule has 103 heavy (non-hydrogen) atoms. The maximum atomic E-state index is 14.5. The Morgan fingerprint density at radius 1 is 0.456 bits per heavy atom. The van der Waals surface area contributed by atoms with Crippen molar-refractivity contribution in [3.05, 3.63) is 176 Å². The molecule has 2 aliphatic carbocycles. The molecule has 550 valence electrons. The van der Waals surface area contributed by atoms with Crippen molar-refractivity contribution in [1.29, 1.82) is 0 Å². The lowest BCUT2D eigenvalue weighted by Crippen LogP contribution is -2.39. The molecule has 4 fully saturated rings. The van der Waals surface area contributed by atoms with Gasteiger partial charge < -0.3 is 29.4 Å². The van der Waals surface area contributed by atoms with Crippen LogP contribution in [0.1, 0.15) is 127 Å². The molecule has 32 heteroatoms. The second-order valence-electron chi connectivity index (χ2n) is 27.1. The monoisotopic (exact) mass is 1460 g/mol. The number of halogens is 16. The summed E-state index contributed by atoms with van der Waals surface area (Å²) in [6.45, 7) is 1.33. The first-order valence-corrected chi connectivity index (χ1v) is 33.8. The molecule has 13 rings (SSSR count). The fourth-order valence-electron chi connectivity index (χ4n) is 14.9. The van der Waals surface area contributed by atoms with E-state index < -0.39 is 83.3 Å². The topological polar surface area (TPSA) is 155 Å². The number of aryl methyl sites for hydroxylation is 2. The van der Waals surface area contributed by atoms with Crippen molar-refractivity contribution in [2.45, 2.75) is 147 Å². The highest BCUT2D eigenvalue weighted by atomic mass is 19.4. The molecule has 0 amide bonds. The number of alkyl halides is 12. The summed E-state index contributed by atoms with van der Waals surface area (Å²) < 4.78 is 229. The molecule has 0 radical (unpaired) electrons. The van der Waals surface area contributed by atoms with Gasteiger partial charge in [-0.25, -0.2) is 27.5 Å². The minimum atomic E-state index is -5.04. The molecular formula is C71H72F16N14O2. The largest absolute Gasteiger partial charge is 0.416 e. The number of aliphatic hydroxyl groups is 1. The van der Waals surface area contributed by atoms with E-state index in [1.807, 2.05) is 30.3 Å². The van der Waals surface area contributed by atoms with Crippen LogP contribution in [-0.2, 0) is 76.3 Å². The summed E-state index contributed by atoms with van der Waals surface area (Å²) in [6.07, 6.45) is -9.36. The Kier molecular flexibility index (Phi) is 21.8. The predicted molar refractivity (Wildman–Crippen MR) is 348 cm³/mol. The first-order valence-electron chi connectivity index (χ1n) is 33.8. The van der Waals surface area contributed by atoms with Gasteiger partial charge in [0.25, 0.3) is 11.9 Å². The van der Waals surface area contributed by atoms with Gasteiger partial charge in [0, 0.05) is 98.6 Å². The molecule has 1 N–H and O–H groups in total. The molecule has 2 aliphatic heterocycles. The molecule has 16 nitrogen and oxygen atoms in total. The number of hydrogen-bond donors (Lipinski definition) is 1. The van der Waals surface area contributed by atoms with Crippen molar-refractivity contribution in [3.63, 3.8) is 0 Å². The normalized spacial score (nSPS) is 19.9. The van der Waals surface area contributed by atoms with Crippen molar-refractivity contribution in [2.75, 3.05) is 45.9 Å². The van der Waals surface area contributed by atoms with E-state index in [-0.39, 0.29) is 101 Å². The molecule has 9 aromatic rings. The van der Waals surface area contributed by atoms with Crippen molar-refractivity contribution < 1.29 is 80.1 Å². The van der Waals surface area contributed by atoms with Gasteiger partial charge >= 0.3 is 24.7 Å². The van der Waals surface area contributed by atoms with Gasteiger partial charge in [0.05, 0.1) is 54.0 Å². The summed E-state index contributed by atoms with van der Waals surface area (Å²) in [5, 5.41) is 34.2. The number of benzene rings is 5. The van der Waals surface area contributed by atoms with E-state index in [2.05, 4.69) is 40.6 Å². The van der Waals surface area contributed by atoms with Crippen LogP contribution in [0.4, 0.5) is 93.8 Å². The highest BCUT2D eigenvalue weighted by Gasteiger charge is 2.42. The van der Waals surface area contributed by atoms with E-state index in [9.17, 15) is 75.4 Å². The summed E-state index contributed by atoms with van der Waals surface area (Å²) in [5.74, 6) is -2.28. The first kappa shape index (κ1) is 73.8. The summed E-state index contributed by atoms with van der Waals surface area (Å²) in [6, 6.07) is 20.1. The lowest BCUT2D eigenvalue weighted by atomic mass is 9.78. The van der Waals surface area contributed by atoms with Crippen molar-refractivity contribution >= 4 is 45.3 Å². The highest BCUT2D eigenvalue weighted by molar-refractivity contribution is 5.83. The molecule has 4 aliphatic rings. The van der Waals surface area contributed by atoms with Crippen molar-refractivity contribution in [2.24, 2.45) is 37.8 Å². The molecule has 2 saturated carbocycles. The van der Waals surface area contributed by atoms with Crippen LogP contribution in [0.15, 0.2) is 103 Å². The Hall–Kier alpha value is -8.94. The SMILES string of the molecule is Cn1nnc(N(Cc2cc(C(F)(F)F)cc(C(F)(F)F)c2)Cc2cc3cc(F)c(F)cc3nc2N2CCC[C@@H]2C2CCC(CO)CC2)n1.Cn1nnc(N(Cc2cc(C(F)(F)F)cc(C(F)(F)F)c2)Cc2cc3cc(F)c(F)cc3nc2N2CCC[C@@H]2C2CCC(COCc3ccccc3)CC2)n1. The Bertz CT molecular complexity index is 4360. The van der Waals surface area contributed by atoms with E-state index in [0.29, 0.717) is 85.2 Å². The van der Waals surface area contributed by atoms with Crippen LogP contribution in [-0.4, -0.2) is 93.9 Å². The number of hydrogen-bond acceptors (Lipinski definition) is 14. The molecule has 2 saturated heterocycles. The standard InChI is InChI=1S/C39H39F8N7O.C32H33F8N7O/c1-52-50-37(49-51-52)53(20-26-14-30(38(42,43)44)18-31(15-26)39(45,46)47)21-29-16-28-17-32(40)33(41)19-34(28)48-36(29)54-13-5-8-35(54)27-11-9-25(10-12-27)23-55-22-24-6-3-2-4-7-24;1-45-43-30(42-44-45)46(15-19-9-23(31(35,36)37)13-24(10-19)32(38,39)40)16-22-11-21-12-25(33)26(34)14-27(21)41-29(22)47-8-2-3-28(47)20-6-4-18(17-48)5-7-20/h2-4,6-7,14-19,25,27,35H,5,8-13,20-23H2,1H3;9-14,18,20,28,48H,2-8,15-17H2,1H3/t25?,27?,35-;18?,20?,28-/m11/s1. The zero-order valence-electron chi connectivity index (χ0n) is 55.8. The molecule has 0 spiro atoms. The molecule has 0 bridgehead atoms. The third-order valence-corrected chi connectivity index (χ3v) is 19.9. The summed E-state index contributed by atoms with van der Waals surface area (Å²) in [4.78, 5) is 18.9. The van der Waals surface area contributed by atoms with Gasteiger partial charge in [-0.05, 0) is 189 Å². The Morgan fingerprint density at radius 3 is 1.21 bits per heavy atom. The minimum absolute atomic E-state index is 0.0551. The number of ether oxygens (including phenoxy) is 1. The third-order valence-electron chi connectivity index (χ3n) is 19.9. The summed E-state index contributed by atoms with van der Waals surface area (Å²) >= 11 is 0. The Morgan fingerprint density at radius 2 is 0.845 bits per heavy atom. The third kappa shape index (κ3) is 17.7. The maximum Gasteiger partial charge on any atom is 0.416 e. The quantitative estimate of drug-likeness (QED) is 0.0763. The number of aliphatic hydroxyl groups excluding tert-OH is 1. The number of rotatable bonds is 19. The smallest absolute Gasteiger partial charge is 0.396 e. The van der Waals surface area contributed by atoms with E-state index in [1.54, 1.807) is 12.1 Å². The van der Waals surface area contributed by atoms with Gasteiger partial charge in [0.15, 0.2) is 23.3 Å². The van der Waals surface area contributed by atoms with E-state index in [1.165, 1.54) is 23.9 Å². The molecule has 6 heterocycles. The number of fused-ring (bicyclic) bond motifs is 2. The zero-order chi connectivity index (χ0) is 73.3. The lowest BCUT2D eigenvalue weighted by molar-refractivity contribution is -0.144. The number of aromatic nitrogens is 10. The van der Waals surface area contributed by atoms with Crippen LogP contribution in [0.5, 0.6) is 0 Å². The van der Waals surface area contributed by atoms with E-state index in [0.717, 1.165) is 116 Å². The van der Waals surface area contributed by atoms with Crippen LogP contribution in [0.3, 0.4) is 0 Å². The second-order valence-corrected chi connectivity index (χ2v) is 27.1. The lowest BCUT2D eigenvalue weighted by Gasteiger charge is -2.38. The van der Waals surface area contributed by atoms with Crippen LogP contribution < -0.4 is 19.6 Å². The van der Waals surface area contributed by atoms with Gasteiger partial charge in [-0.3, -0.25) is 0 Å². The Labute approximate surface area is 580 Å². The van der Waals surface area contributed by atoms with Gasteiger partial charge in [-0.1, -0.05) is 40.5 Å².